The van der Waals surface area contributed by atoms with Crippen LogP contribution in [-0.2, 0) is 21.2 Å². The van der Waals surface area contributed by atoms with Gasteiger partial charge in [0.05, 0.1) is 36.2 Å². The van der Waals surface area contributed by atoms with Crippen LogP contribution in [0.25, 0.3) is 0 Å². The molecule has 3 aliphatic heterocycles. The fourth-order valence-electron chi connectivity index (χ4n) is 3.89. The summed E-state index contributed by atoms with van der Waals surface area (Å²) in [6.07, 6.45) is -2.82. The summed E-state index contributed by atoms with van der Waals surface area (Å²) in [7, 11) is 0. The van der Waals surface area contributed by atoms with Crippen molar-refractivity contribution in [3.63, 3.8) is 0 Å². The number of amidine groups is 1. The Morgan fingerprint density at radius 2 is 1.90 bits per heavy atom. The third-order valence-electron chi connectivity index (χ3n) is 5.35. The highest BCUT2D eigenvalue weighted by molar-refractivity contribution is 5.77. The van der Waals surface area contributed by atoms with Gasteiger partial charge in [-0.25, -0.2) is 9.98 Å². The molecule has 1 fully saturated rings. The number of hydrogen-bond donors (Lipinski definition) is 1. The van der Waals surface area contributed by atoms with Crippen molar-refractivity contribution in [3.8, 4) is 11.6 Å². The summed E-state index contributed by atoms with van der Waals surface area (Å²) < 4.78 is 56.7. The van der Waals surface area contributed by atoms with Crippen LogP contribution in [0.2, 0.25) is 0 Å². The first-order valence-electron chi connectivity index (χ1n) is 9.08. The molecule has 0 saturated carbocycles. The molecular weight excluding hydrogens is 389 g/mol. The molecule has 0 unspecified atom stereocenters. The molecule has 0 aliphatic carbocycles. The monoisotopic (exact) mass is 406 g/mol. The summed E-state index contributed by atoms with van der Waals surface area (Å²) in [6.45, 7) is 2.52. The predicted molar refractivity (Wildman–Crippen MR) is 97.1 cm³/mol. The lowest BCUT2D eigenvalue weighted by Crippen LogP contribution is -2.37. The van der Waals surface area contributed by atoms with Gasteiger partial charge in [-0.2, -0.15) is 13.2 Å². The Hall–Kier alpha value is -3.01. The van der Waals surface area contributed by atoms with E-state index in [1.807, 2.05) is 6.07 Å². The van der Waals surface area contributed by atoms with Crippen molar-refractivity contribution >= 4 is 11.7 Å². The molecule has 1 saturated heterocycles. The Kier molecular flexibility index (Phi) is 3.89. The van der Waals surface area contributed by atoms with Gasteiger partial charge in [0.1, 0.15) is 12.4 Å². The maximum Gasteiger partial charge on any atom is 0.416 e. The minimum absolute atomic E-state index is 0.0300. The minimum atomic E-state index is -4.50. The third-order valence-corrected chi connectivity index (χ3v) is 5.35. The predicted octanol–water partition coefficient (Wildman–Crippen LogP) is 2.63. The van der Waals surface area contributed by atoms with E-state index in [9.17, 15) is 13.2 Å². The van der Waals surface area contributed by atoms with E-state index in [4.69, 9.17) is 19.9 Å². The molecule has 0 bridgehead atoms. The summed E-state index contributed by atoms with van der Waals surface area (Å²) in [5.41, 5.74) is 5.32. The summed E-state index contributed by atoms with van der Waals surface area (Å²) >= 11 is 0. The number of hydrogen-bond acceptors (Lipinski definition) is 7. The molecule has 3 aliphatic rings. The van der Waals surface area contributed by atoms with Gasteiger partial charge in [-0.1, -0.05) is 0 Å². The lowest BCUT2D eigenvalue weighted by Gasteiger charge is -2.35. The third kappa shape index (κ3) is 2.86. The molecule has 1 aromatic heterocycles. The van der Waals surface area contributed by atoms with E-state index in [0.29, 0.717) is 31.9 Å². The van der Waals surface area contributed by atoms with Crippen molar-refractivity contribution in [2.75, 3.05) is 37.8 Å². The van der Waals surface area contributed by atoms with Gasteiger partial charge in [-0.15, -0.1) is 0 Å². The van der Waals surface area contributed by atoms with Gasteiger partial charge in [0, 0.05) is 18.7 Å². The van der Waals surface area contributed by atoms with Crippen molar-refractivity contribution in [1.29, 1.82) is 0 Å². The summed E-state index contributed by atoms with van der Waals surface area (Å²) in [6, 6.07) is 5.05. The van der Waals surface area contributed by atoms with Gasteiger partial charge in [-0.05, 0) is 24.3 Å². The number of halogens is 3. The Balaban J connectivity index is 1.67. The maximum atomic E-state index is 13.3. The van der Waals surface area contributed by atoms with Crippen LogP contribution >= 0.6 is 0 Å². The molecule has 2 aromatic rings. The van der Waals surface area contributed by atoms with Gasteiger partial charge in [0.15, 0.2) is 5.54 Å². The number of benzene rings is 1. The van der Waals surface area contributed by atoms with Gasteiger partial charge >= 0.3 is 6.18 Å². The SMILES string of the molecule is NC1=N[C@@]2(CO1)c1cc(C(F)(F)F)ccc1Oc1ncc(N3CCOCC3)cc12. The quantitative estimate of drug-likeness (QED) is 0.784. The number of anilines is 1. The second kappa shape index (κ2) is 6.24. The first kappa shape index (κ1) is 18.0. The normalized spacial score (nSPS) is 23.1. The topological polar surface area (TPSA) is 82.2 Å². The second-order valence-electron chi connectivity index (χ2n) is 7.06. The highest BCUT2D eigenvalue weighted by Gasteiger charge is 2.49. The molecule has 152 valence electrons. The number of fused-ring (bicyclic) bond motifs is 4. The fourth-order valence-corrected chi connectivity index (χ4v) is 3.89. The van der Waals surface area contributed by atoms with Crippen molar-refractivity contribution in [3.05, 3.63) is 47.2 Å². The standard InChI is InChI=1S/C19H17F3N4O3/c20-19(21,22)11-1-2-15-13(7-11)18(10-28-17(23)25-18)14-8-12(9-24-16(14)29-15)26-3-5-27-6-4-26/h1-2,7-9H,3-6,10H2,(H2,23,25)/t18-/m0/s1. The van der Waals surface area contributed by atoms with Gasteiger partial charge < -0.3 is 24.8 Å². The largest absolute Gasteiger partial charge is 0.462 e. The zero-order valence-electron chi connectivity index (χ0n) is 15.2. The highest BCUT2D eigenvalue weighted by Crippen LogP contribution is 2.51. The van der Waals surface area contributed by atoms with Crippen molar-refractivity contribution in [1.82, 2.24) is 4.98 Å². The van der Waals surface area contributed by atoms with E-state index in [2.05, 4.69) is 14.9 Å². The summed E-state index contributed by atoms with van der Waals surface area (Å²) in [5, 5.41) is 0. The molecular formula is C19H17F3N4O3. The first-order valence-corrected chi connectivity index (χ1v) is 9.08. The molecule has 1 atom stereocenters. The Morgan fingerprint density at radius 1 is 1.10 bits per heavy atom. The number of ether oxygens (including phenoxy) is 3. The van der Waals surface area contributed by atoms with Crippen molar-refractivity contribution in [2.45, 2.75) is 11.7 Å². The Labute approximate surface area is 163 Å². The van der Waals surface area contributed by atoms with E-state index in [-0.39, 0.29) is 29.8 Å². The minimum Gasteiger partial charge on any atom is -0.462 e. The second-order valence-corrected chi connectivity index (χ2v) is 7.06. The fraction of sp³-hybridized carbons (Fsp3) is 0.368. The number of aromatic nitrogens is 1. The highest BCUT2D eigenvalue weighted by atomic mass is 19.4. The van der Waals surface area contributed by atoms with E-state index >= 15 is 0 Å². The smallest absolute Gasteiger partial charge is 0.416 e. The number of pyridine rings is 1. The molecule has 1 spiro atoms. The van der Waals surface area contributed by atoms with Gasteiger partial charge in [0.2, 0.25) is 5.88 Å². The molecule has 7 nitrogen and oxygen atoms in total. The lowest BCUT2D eigenvalue weighted by molar-refractivity contribution is -0.137. The summed E-state index contributed by atoms with van der Waals surface area (Å²) in [5.74, 6) is 0.524. The van der Waals surface area contributed by atoms with Crippen molar-refractivity contribution in [2.24, 2.45) is 10.7 Å². The Bertz CT molecular complexity index is 1000. The van der Waals surface area contributed by atoms with Crippen LogP contribution in [0, 0.1) is 0 Å². The van der Waals surface area contributed by atoms with E-state index < -0.39 is 17.3 Å². The molecule has 0 radical (unpaired) electrons. The van der Waals surface area contributed by atoms with E-state index in [1.165, 1.54) is 6.07 Å². The van der Waals surface area contributed by atoms with Crippen LogP contribution in [0.3, 0.4) is 0 Å². The molecule has 1 aromatic carbocycles. The lowest BCUT2D eigenvalue weighted by atomic mass is 9.81. The zero-order chi connectivity index (χ0) is 20.2. The van der Waals surface area contributed by atoms with Crippen LogP contribution < -0.4 is 15.4 Å². The molecule has 29 heavy (non-hydrogen) atoms. The van der Waals surface area contributed by atoms with Crippen LogP contribution in [-0.4, -0.2) is 43.9 Å². The maximum absolute atomic E-state index is 13.3. The van der Waals surface area contributed by atoms with Crippen LogP contribution in [0.1, 0.15) is 16.7 Å². The van der Waals surface area contributed by atoms with Gasteiger partial charge in [-0.3, -0.25) is 0 Å². The number of nitrogens with zero attached hydrogens (tertiary/aromatic N) is 3. The number of nitrogens with two attached hydrogens (primary N) is 1. The molecule has 0 amide bonds. The zero-order valence-corrected chi connectivity index (χ0v) is 15.2. The van der Waals surface area contributed by atoms with E-state index in [1.54, 1.807) is 6.20 Å². The van der Waals surface area contributed by atoms with Gasteiger partial charge in [0.25, 0.3) is 6.02 Å². The molecule has 5 rings (SSSR count). The van der Waals surface area contributed by atoms with Crippen molar-refractivity contribution < 1.29 is 27.4 Å². The molecule has 2 N–H and O–H groups in total. The summed E-state index contributed by atoms with van der Waals surface area (Å²) in [4.78, 5) is 10.9. The number of rotatable bonds is 1. The average Bonchev–Trinajstić information content (AvgIpc) is 3.10. The number of morpholine rings is 1. The van der Waals surface area contributed by atoms with Crippen LogP contribution in [0.4, 0.5) is 18.9 Å². The number of aliphatic imine (C=N–C) groups is 1. The molecule has 4 heterocycles. The average molecular weight is 406 g/mol. The molecule has 10 heteroatoms. The number of alkyl halides is 3. The van der Waals surface area contributed by atoms with E-state index in [0.717, 1.165) is 17.8 Å². The van der Waals surface area contributed by atoms with Crippen LogP contribution in [0.15, 0.2) is 35.5 Å². The van der Waals surface area contributed by atoms with Crippen LogP contribution in [0.5, 0.6) is 11.6 Å². The first-order chi connectivity index (χ1) is 13.9. The Morgan fingerprint density at radius 3 is 2.59 bits per heavy atom.